The van der Waals surface area contributed by atoms with Crippen LogP contribution in [0.5, 0.6) is 5.75 Å². The topological polar surface area (TPSA) is 51.9 Å². The number of ether oxygens (including phenoxy) is 2. The number of benzene rings is 1. The highest BCUT2D eigenvalue weighted by Gasteiger charge is 2.29. The molecule has 2 heterocycles. The van der Waals surface area contributed by atoms with Gasteiger partial charge >= 0.3 is 0 Å². The molecule has 1 aliphatic rings. The minimum absolute atomic E-state index is 0.0420. The van der Waals surface area contributed by atoms with Gasteiger partial charge < -0.3 is 18.8 Å². The number of furan rings is 1. The molecule has 2 atom stereocenters. The van der Waals surface area contributed by atoms with Crippen LogP contribution >= 0.6 is 15.9 Å². The summed E-state index contributed by atoms with van der Waals surface area (Å²) in [5.74, 6) is 1.60. The maximum absolute atomic E-state index is 12.6. The van der Waals surface area contributed by atoms with Gasteiger partial charge in [-0.25, -0.2) is 0 Å². The van der Waals surface area contributed by atoms with Crippen LogP contribution in [0.3, 0.4) is 0 Å². The third kappa shape index (κ3) is 3.99. The first-order valence-corrected chi connectivity index (χ1v) is 8.72. The molecule has 2 unspecified atom stereocenters. The quantitative estimate of drug-likeness (QED) is 0.790. The molecule has 5 nitrogen and oxygen atoms in total. The van der Waals surface area contributed by atoms with Crippen LogP contribution in [0.4, 0.5) is 0 Å². The zero-order chi connectivity index (χ0) is 17.1. The smallest absolute Gasteiger partial charge is 0.289 e. The second kappa shape index (κ2) is 7.40. The van der Waals surface area contributed by atoms with Crippen molar-refractivity contribution in [3.8, 4) is 5.75 Å². The Morgan fingerprint density at radius 2 is 2.00 bits per heavy atom. The summed E-state index contributed by atoms with van der Waals surface area (Å²) in [5, 5.41) is 0. The van der Waals surface area contributed by atoms with Gasteiger partial charge in [-0.1, -0.05) is 15.9 Å². The molecule has 1 aromatic heterocycles. The van der Waals surface area contributed by atoms with Crippen LogP contribution < -0.4 is 4.74 Å². The number of hydrogen-bond donors (Lipinski definition) is 0. The number of rotatable bonds is 4. The van der Waals surface area contributed by atoms with Gasteiger partial charge in [-0.15, -0.1) is 0 Å². The number of amides is 1. The van der Waals surface area contributed by atoms with Crippen molar-refractivity contribution in [2.45, 2.75) is 32.6 Å². The molecule has 1 saturated heterocycles. The van der Waals surface area contributed by atoms with E-state index in [9.17, 15) is 4.79 Å². The molecule has 24 heavy (non-hydrogen) atoms. The first-order valence-electron chi connectivity index (χ1n) is 7.92. The Kier molecular flexibility index (Phi) is 5.26. The summed E-state index contributed by atoms with van der Waals surface area (Å²) >= 11 is 3.38. The number of nitrogens with zero attached hydrogens (tertiary/aromatic N) is 1. The van der Waals surface area contributed by atoms with Gasteiger partial charge in [0.05, 0.1) is 18.8 Å². The zero-order valence-electron chi connectivity index (χ0n) is 13.7. The molecule has 1 aromatic carbocycles. The van der Waals surface area contributed by atoms with E-state index in [2.05, 4.69) is 15.9 Å². The highest BCUT2D eigenvalue weighted by molar-refractivity contribution is 9.10. The van der Waals surface area contributed by atoms with E-state index in [1.165, 1.54) is 0 Å². The van der Waals surface area contributed by atoms with Crippen molar-refractivity contribution >= 4 is 21.8 Å². The second-order valence-electron chi connectivity index (χ2n) is 5.96. The monoisotopic (exact) mass is 393 g/mol. The van der Waals surface area contributed by atoms with Gasteiger partial charge in [0, 0.05) is 11.0 Å². The minimum Gasteiger partial charge on any atom is -0.486 e. The van der Waals surface area contributed by atoms with Gasteiger partial charge in [0.2, 0.25) is 0 Å². The normalized spacial score (nSPS) is 20.9. The zero-order valence-corrected chi connectivity index (χ0v) is 15.3. The number of halogens is 1. The highest BCUT2D eigenvalue weighted by Crippen LogP contribution is 2.20. The first kappa shape index (κ1) is 17.0. The molecule has 0 spiro atoms. The van der Waals surface area contributed by atoms with Crippen LogP contribution in [0.25, 0.3) is 0 Å². The Hall–Kier alpha value is -1.79. The first-order chi connectivity index (χ1) is 11.5. The summed E-state index contributed by atoms with van der Waals surface area (Å²) in [5.41, 5.74) is 0. The molecule has 3 rings (SSSR count). The third-order valence-electron chi connectivity index (χ3n) is 3.94. The lowest BCUT2D eigenvalue weighted by Crippen LogP contribution is -2.50. The highest BCUT2D eigenvalue weighted by atomic mass is 79.9. The molecule has 0 saturated carbocycles. The summed E-state index contributed by atoms with van der Waals surface area (Å²) in [6, 6.07) is 11.1. The maximum atomic E-state index is 12.6. The largest absolute Gasteiger partial charge is 0.486 e. The van der Waals surface area contributed by atoms with Crippen LogP contribution in [0.1, 0.15) is 30.2 Å². The average molecular weight is 394 g/mol. The molecule has 0 radical (unpaired) electrons. The van der Waals surface area contributed by atoms with E-state index in [4.69, 9.17) is 13.9 Å². The SMILES string of the molecule is CC1CN(C(=O)c2ccc(COc3ccc(Br)cc3)o2)C(C)CO1. The van der Waals surface area contributed by atoms with E-state index in [-0.39, 0.29) is 24.7 Å². The Balaban J connectivity index is 1.62. The molecule has 1 fully saturated rings. The Bertz CT molecular complexity index is 697. The maximum Gasteiger partial charge on any atom is 0.289 e. The van der Waals surface area contributed by atoms with E-state index < -0.39 is 0 Å². The van der Waals surface area contributed by atoms with E-state index >= 15 is 0 Å². The molecule has 0 N–H and O–H groups in total. The van der Waals surface area contributed by atoms with Crippen molar-refractivity contribution in [2.24, 2.45) is 0 Å². The van der Waals surface area contributed by atoms with Crippen molar-refractivity contribution < 1.29 is 18.7 Å². The van der Waals surface area contributed by atoms with Crippen molar-refractivity contribution in [2.75, 3.05) is 13.2 Å². The number of carbonyl (C=O) groups is 1. The fraction of sp³-hybridized carbons (Fsp3) is 0.389. The van der Waals surface area contributed by atoms with Crippen LogP contribution in [-0.4, -0.2) is 36.1 Å². The fourth-order valence-electron chi connectivity index (χ4n) is 2.58. The predicted octanol–water partition coefficient (Wildman–Crippen LogP) is 3.87. The van der Waals surface area contributed by atoms with Crippen LogP contribution in [0.2, 0.25) is 0 Å². The Morgan fingerprint density at radius 3 is 2.75 bits per heavy atom. The van der Waals surface area contributed by atoms with Gasteiger partial charge in [-0.2, -0.15) is 0 Å². The molecule has 1 amide bonds. The Labute approximate surface area is 149 Å². The lowest BCUT2D eigenvalue weighted by molar-refractivity contribution is -0.0397. The average Bonchev–Trinajstić information content (AvgIpc) is 3.05. The standard InChI is InChI=1S/C18H20BrNO4/c1-12-10-22-13(2)9-20(12)18(21)17-8-7-16(24-17)11-23-15-5-3-14(19)4-6-15/h3-8,12-13H,9-11H2,1-2H3. The van der Waals surface area contributed by atoms with Gasteiger partial charge in [0.25, 0.3) is 5.91 Å². The van der Waals surface area contributed by atoms with E-state index in [0.717, 1.165) is 10.2 Å². The number of morpholine rings is 1. The molecule has 2 aromatic rings. The molecule has 1 aliphatic heterocycles. The van der Waals surface area contributed by atoms with Gasteiger partial charge in [0.15, 0.2) is 5.76 Å². The Morgan fingerprint density at radius 1 is 1.25 bits per heavy atom. The third-order valence-corrected chi connectivity index (χ3v) is 4.46. The molecule has 0 aliphatic carbocycles. The van der Waals surface area contributed by atoms with Gasteiger partial charge in [-0.3, -0.25) is 4.79 Å². The molecule has 128 valence electrons. The predicted molar refractivity (Wildman–Crippen MR) is 93.1 cm³/mol. The van der Waals surface area contributed by atoms with Crippen LogP contribution in [0, 0.1) is 0 Å². The second-order valence-corrected chi connectivity index (χ2v) is 6.87. The van der Waals surface area contributed by atoms with Crippen molar-refractivity contribution in [1.82, 2.24) is 4.90 Å². The van der Waals surface area contributed by atoms with Crippen molar-refractivity contribution in [1.29, 1.82) is 0 Å². The summed E-state index contributed by atoms with van der Waals surface area (Å²) < 4.78 is 17.9. The lowest BCUT2D eigenvalue weighted by atomic mass is 10.2. The van der Waals surface area contributed by atoms with Gasteiger partial charge in [0.1, 0.15) is 18.1 Å². The summed E-state index contributed by atoms with van der Waals surface area (Å²) in [7, 11) is 0. The van der Waals surface area contributed by atoms with Crippen molar-refractivity contribution in [3.05, 3.63) is 52.4 Å². The van der Waals surface area contributed by atoms with E-state index in [0.29, 0.717) is 24.7 Å². The fourth-order valence-corrected chi connectivity index (χ4v) is 2.85. The van der Waals surface area contributed by atoms with Crippen LogP contribution in [0.15, 0.2) is 45.3 Å². The summed E-state index contributed by atoms with van der Waals surface area (Å²) in [6.45, 7) is 5.35. The number of carbonyl (C=O) groups excluding carboxylic acids is 1. The van der Waals surface area contributed by atoms with Crippen molar-refractivity contribution in [3.63, 3.8) is 0 Å². The van der Waals surface area contributed by atoms with Crippen LogP contribution in [-0.2, 0) is 11.3 Å². The van der Waals surface area contributed by atoms with E-state index in [1.807, 2.05) is 38.1 Å². The molecular formula is C18H20BrNO4. The minimum atomic E-state index is -0.104. The lowest BCUT2D eigenvalue weighted by Gasteiger charge is -2.36. The molecule has 0 bridgehead atoms. The summed E-state index contributed by atoms with van der Waals surface area (Å²) in [6.07, 6.45) is 0.0420. The van der Waals surface area contributed by atoms with Gasteiger partial charge in [-0.05, 0) is 50.2 Å². The molecular weight excluding hydrogens is 374 g/mol. The van der Waals surface area contributed by atoms with E-state index in [1.54, 1.807) is 17.0 Å². The molecule has 6 heteroatoms. The number of hydrogen-bond acceptors (Lipinski definition) is 4. The summed E-state index contributed by atoms with van der Waals surface area (Å²) in [4.78, 5) is 14.4.